The van der Waals surface area contributed by atoms with Gasteiger partial charge in [0, 0.05) is 0 Å². The van der Waals surface area contributed by atoms with Crippen molar-refractivity contribution in [3.63, 3.8) is 0 Å². The van der Waals surface area contributed by atoms with Gasteiger partial charge in [0.15, 0.2) is 0 Å². The molecular weight excluding hydrogens is 361 g/mol. The molecule has 0 bridgehead atoms. The van der Waals surface area contributed by atoms with Gasteiger partial charge in [-0.25, -0.2) is 4.79 Å². The van der Waals surface area contributed by atoms with Crippen molar-refractivity contribution in [3.8, 4) is 0 Å². The van der Waals surface area contributed by atoms with E-state index in [0.717, 1.165) is 6.07 Å². The van der Waals surface area contributed by atoms with Gasteiger partial charge in [-0.05, 0) is 24.3 Å². The predicted molar refractivity (Wildman–Crippen MR) is 89.4 cm³/mol. The lowest BCUT2D eigenvalue weighted by molar-refractivity contribution is -0.385. The molecule has 10 heteroatoms. The molecule has 0 heterocycles. The highest BCUT2D eigenvalue weighted by Crippen LogP contribution is 2.27. The van der Waals surface area contributed by atoms with Gasteiger partial charge in [-0.2, -0.15) is 0 Å². The summed E-state index contributed by atoms with van der Waals surface area (Å²) in [5.41, 5.74) is 9.98. The van der Waals surface area contributed by atoms with Crippen LogP contribution in [0.4, 0.5) is 11.4 Å². The summed E-state index contributed by atoms with van der Waals surface area (Å²) in [6.07, 6.45) is 0. The third-order valence-corrected chi connectivity index (χ3v) is 3.35. The second kappa shape index (κ2) is 8.14. The van der Waals surface area contributed by atoms with E-state index >= 15 is 0 Å². The first-order valence-electron chi connectivity index (χ1n) is 6.16. The number of amides is 1. The van der Waals surface area contributed by atoms with E-state index in [9.17, 15) is 19.7 Å². The maximum absolute atomic E-state index is 10.7. The third kappa shape index (κ3) is 4.58. The summed E-state index contributed by atoms with van der Waals surface area (Å²) in [5.74, 6) is -1.93. The molecule has 0 spiro atoms. The van der Waals surface area contributed by atoms with Gasteiger partial charge in [0.05, 0.1) is 21.2 Å². The van der Waals surface area contributed by atoms with Gasteiger partial charge in [0.2, 0.25) is 0 Å². The first kappa shape index (κ1) is 19.2. The first-order chi connectivity index (χ1) is 11.2. The summed E-state index contributed by atoms with van der Waals surface area (Å²) in [4.78, 5) is 30.8. The van der Waals surface area contributed by atoms with Crippen LogP contribution in [0.25, 0.3) is 0 Å². The predicted octanol–water partition coefficient (Wildman–Crippen LogP) is 2.97. The molecule has 126 valence electrons. The number of nitrogen functional groups attached to an aromatic ring is 1. The van der Waals surface area contributed by atoms with Crippen LogP contribution in [0.1, 0.15) is 20.7 Å². The average molecular weight is 372 g/mol. The van der Waals surface area contributed by atoms with E-state index in [1.807, 2.05) is 0 Å². The Labute approximate surface area is 145 Å². The number of para-hydroxylation sites is 2. The normalized spacial score (nSPS) is 9.58. The van der Waals surface area contributed by atoms with Crippen molar-refractivity contribution in [1.82, 2.24) is 0 Å². The van der Waals surface area contributed by atoms with Gasteiger partial charge in [-0.3, -0.25) is 14.9 Å². The molecule has 0 saturated carbocycles. The van der Waals surface area contributed by atoms with Crippen molar-refractivity contribution >= 4 is 46.5 Å². The van der Waals surface area contributed by atoms with Crippen molar-refractivity contribution in [2.24, 2.45) is 5.73 Å². The Bertz CT molecular complexity index is 811. The van der Waals surface area contributed by atoms with E-state index in [-0.39, 0.29) is 16.3 Å². The number of halogens is 2. The summed E-state index contributed by atoms with van der Waals surface area (Å²) in [6.45, 7) is 0. The highest BCUT2D eigenvalue weighted by Gasteiger charge is 2.22. The number of carbonyl (C=O) groups is 2. The number of carboxylic acids is 1. The van der Waals surface area contributed by atoms with Gasteiger partial charge in [-0.1, -0.05) is 35.3 Å². The summed E-state index contributed by atoms with van der Waals surface area (Å²) >= 11 is 11.1. The van der Waals surface area contributed by atoms with E-state index in [1.54, 1.807) is 12.1 Å². The number of anilines is 1. The summed E-state index contributed by atoms with van der Waals surface area (Å²) in [5, 5.41) is 19.2. The Morgan fingerprint density at radius 3 is 1.92 bits per heavy atom. The molecule has 0 fully saturated rings. The van der Waals surface area contributed by atoms with Gasteiger partial charge in [0.25, 0.3) is 5.91 Å². The largest absolute Gasteiger partial charge is 0.477 e. The lowest BCUT2D eigenvalue weighted by atomic mass is 10.2. The molecule has 2 aromatic carbocycles. The molecule has 0 atom stereocenters. The zero-order valence-corrected chi connectivity index (χ0v) is 13.4. The summed E-state index contributed by atoms with van der Waals surface area (Å²) < 4.78 is 0. The van der Waals surface area contributed by atoms with Crippen LogP contribution in [0.5, 0.6) is 0 Å². The fraction of sp³-hybridized carbons (Fsp3) is 0. The number of carbonyl (C=O) groups excluding carboxylic acids is 1. The number of nitrogens with two attached hydrogens (primary N) is 2. The maximum atomic E-state index is 10.7. The van der Waals surface area contributed by atoms with E-state index in [2.05, 4.69) is 0 Å². The van der Waals surface area contributed by atoms with Crippen LogP contribution in [-0.4, -0.2) is 21.9 Å². The molecule has 24 heavy (non-hydrogen) atoms. The smallest absolute Gasteiger partial charge is 0.342 e. The van der Waals surface area contributed by atoms with E-state index in [1.165, 1.54) is 18.2 Å². The van der Waals surface area contributed by atoms with Crippen molar-refractivity contribution < 1.29 is 19.6 Å². The Morgan fingerprint density at radius 1 is 1.04 bits per heavy atom. The molecule has 2 aromatic rings. The van der Waals surface area contributed by atoms with Crippen molar-refractivity contribution in [1.29, 1.82) is 0 Å². The topological polar surface area (TPSA) is 150 Å². The molecule has 0 radical (unpaired) electrons. The van der Waals surface area contributed by atoms with Gasteiger partial charge in [-0.15, -0.1) is 0 Å². The number of primary amides is 1. The van der Waals surface area contributed by atoms with Crippen molar-refractivity contribution in [2.75, 3.05) is 5.73 Å². The molecule has 0 aliphatic heterocycles. The monoisotopic (exact) mass is 371 g/mol. The van der Waals surface area contributed by atoms with Crippen LogP contribution >= 0.6 is 23.2 Å². The van der Waals surface area contributed by atoms with Crippen LogP contribution in [0, 0.1) is 10.1 Å². The van der Waals surface area contributed by atoms with E-state index in [4.69, 9.17) is 39.8 Å². The molecule has 1 amide bonds. The zero-order valence-electron chi connectivity index (χ0n) is 11.9. The number of nitro benzene ring substituents is 1. The lowest BCUT2D eigenvalue weighted by Crippen LogP contribution is -2.13. The number of benzene rings is 2. The van der Waals surface area contributed by atoms with Gasteiger partial charge in [0.1, 0.15) is 10.6 Å². The molecule has 2 rings (SSSR count). The van der Waals surface area contributed by atoms with Gasteiger partial charge >= 0.3 is 11.7 Å². The number of nitrogens with zero attached hydrogens (tertiary/aromatic N) is 1. The molecule has 0 aliphatic carbocycles. The highest BCUT2D eigenvalue weighted by atomic mass is 35.5. The number of hydrogen-bond donors (Lipinski definition) is 3. The quantitative estimate of drug-likeness (QED) is 0.428. The Balaban J connectivity index is 0.000000243. The minimum absolute atomic E-state index is 0.176. The van der Waals surface area contributed by atoms with Crippen LogP contribution < -0.4 is 11.5 Å². The fourth-order valence-electron chi connectivity index (χ4n) is 1.63. The second-order valence-electron chi connectivity index (χ2n) is 4.26. The lowest BCUT2D eigenvalue weighted by Gasteiger charge is -2.01. The van der Waals surface area contributed by atoms with Crippen LogP contribution in [0.15, 0.2) is 36.4 Å². The Morgan fingerprint density at radius 2 is 1.54 bits per heavy atom. The minimum atomic E-state index is -1.37. The SMILES string of the molecule is NC(=O)c1cccc(Cl)c1N.O=C(O)c1cccc(Cl)c1[N+](=O)[O-]. The Hall–Kier alpha value is -2.84. The minimum Gasteiger partial charge on any atom is -0.477 e. The molecule has 0 aromatic heterocycles. The fourth-order valence-corrected chi connectivity index (χ4v) is 2.04. The summed E-state index contributed by atoms with van der Waals surface area (Å²) in [7, 11) is 0. The molecule has 0 aliphatic rings. The van der Waals surface area contributed by atoms with Crippen LogP contribution in [0.3, 0.4) is 0 Å². The Kier molecular flexibility index (Phi) is 6.51. The van der Waals surface area contributed by atoms with Crippen molar-refractivity contribution in [3.05, 3.63) is 67.7 Å². The van der Waals surface area contributed by atoms with E-state index in [0.29, 0.717) is 5.02 Å². The third-order valence-electron chi connectivity index (χ3n) is 2.72. The number of aromatic carboxylic acids is 1. The zero-order chi connectivity index (χ0) is 18.4. The molecular formula is C14H11Cl2N3O5. The molecule has 8 nitrogen and oxygen atoms in total. The van der Waals surface area contributed by atoms with Crippen LogP contribution in [-0.2, 0) is 0 Å². The number of carboxylic acid groups (broad SMARTS) is 1. The molecule has 0 saturated heterocycles. The van der Waals surface area contributed by atoms with Gasteiger partial charge < -0.3 is 16.6 Å². The number of rotatable bonds is 3. The first-order valence-corrected chi connectivity index (χ1v) is 6.92. The maximum Gasteiger partial charge on any atom is 0.342 e. The standard InChI is InChI=1S/C7H7ClN2O.C7H4ClNO4/c8-5-3-1-2-4(6(5)9)7(10)11;8-5-3-1-2-4(7(10)11)6(5)9(12)13/h1-3H,9H2,(H2,10,11);1-3H,(H,10,11). The number of nitro groups is 1. The number of hydrogen-bond acceptors (Lipinski definition) is 5. The molecule has 0 unspecified atom stereocenters. The average Bonchev–Trinajstić information content (AvgIpc) is 2.49. The van der Waals surface area contributed by atoms with Crippen LogP contribution in [0.2, 0.25) is 10.0 Å². The molecule has 5 N–H and O–H groups in total. The highest BCUT2D eigenvalue weighted by molar-refractivity contribution is 6.34. The summed E-state index contributed by atoms with van der Waals surface area (Å²) in [6, 6.07) is 8.50. The van der Waals surface area contributed by atoms with E-state index < -0.39 is 28.1 Å². The van der Waals surface area contributed by atoms with Crippen molar-refractivity contribution in [2.45, 2.75) is 0 Å². The second-order valence-corrected chi connectivity index (χ2v) is 5.08.